The van der Waals surface area contributed by atoms with Gasteiger partial charge in [-0.25, -0.2) is 4.98 Å². The van der Waals surface area contributed by atoms with Crippen molar-refractivity contribution < 1.29 is 22.3 Å². The molecule has 0 unspecified atom stereocenters. The highest BCUT2D eigenvalue weighted by Crippen LogP contribution is 2.34. The normalized spacial score (nSPS) is 14.8. The summed E-state index contributed by atoms with van der Waals surface area (Å²) in [5.41, 5.74) is 3.09. The van der Waals surface area contributed by atoms with Gasteiger partial charge in [-0.05, 0) is 18.6 Å². The number of alkyl halides is 3. The molecular weight excluding hydrogens is 397 g/mol. The van der Waals surface area contributed by atoms with E-state index in [-0.39, 0.29) is 12.1 Å². The number of oxazole rings is 1. The molecule has 0 fully saturated rings. The van der Waals surface area contributed by atoms with Crippen LogP contribution in [0.1, 0.15) is 29.3 Å². The van der Waals surface area contributed by atoms with E-state index in [1.165, 1.54) is 18.7 Å². The molecule has 1 aliphatic heterocycles. The summed E-state index contributed by atoms with van der Waals surface area (Å²) in [4.78, 5) is 6.24. The van der Waals surface area contributed by atoms with Crippen molar-refractivity contribution in [1.82, 2.24) is 19.7 Å². The van der Waals surface area contributed by atoms with E-state index in [0.29, 0.717) is 50.7 Å². The van der Waals surface area contributed by atoms with E-state index in [0.717, 1.165) is 17.3 Å². The summed E-state index contributed by atoms with van der Waals surface area (Å²) in [5, 5.41) is 4.71. The van der Waals surface area contributed by atoms with Gasteiger partial charge in [0.15, 0.2) is 6.39 Å². The van der Waals surface area contributed by atoms with Gasteiger partial charge in [0.2, 0.25) is 0 Å². The van der Waals surface area contributed by atoms with Gasteiger partial charge in [0.1, 0.15) is 17.7 Å². The third-order valence-corrected chi connectivity index (χ3v) is 5.26. The predicted molar refractivity (Wildman–Crippen MR) is 103 cm³/mol. The van der Waals surface area contributed by atoms with Crippen LogP contribution >= 0.6 is 0 Å². The molecule has 0 amide bonds. The van der Waals surface area contributed by atoms with E-state index in [1.54, 1.807) is 12.1 Å². The first-order valence-corrected chi connectivity index (χ1v) is 9.89. The van der Waals surface area contributed by atoms with Crippen molar-refractivity contribution in [2.24, 2.45) is 0 Å². The van der Waals surface area contributed by atoms with Crippen molar-refractivity contribution in [2.75, 3.05) is 19.8 Å². The lowest BCUT2D eigenvalue weighted by Crippen LogP contribution is -2.31. The highest BCUT2D eigenvalue weighted by Gasteiger charge is 2.34. The van der Waals surface area contributed by atoms with Gasteiger partial charge in [0.25, 0.3) is 0 Å². The zero-order chi connectivity index (χ0) is 21.1. The molecule has 3 aromatic rings. The fourth-order valence-corrected chi connectivity index (χ4v) is 3.87. The van der Waals surface area contributed by atoms with E-state index < -0.39 is 11.7 Å². The molecule has 0 spiro atoms. The van der Waals surface area contributed by atoms with E-state index in [1.807, 2.05) is 16.5 Å². The molecule has 0 atom stereocenters. The molecule has 6 nitrogen and oxygen atoms in total. The van der Waals surface area contributed by atoms with Crippen LogP contribution in [0.15, 0.2) is 41.3 Å². The number of rotatable bonds is 7. The van der Waals surface area contributed by atoms with Gasteiger partial charge in [-0.1, -0.05) is 18.2 Å². The van der Waals surface area contributed by atoms with Crippen LogP contribution in [0, 0.1) is 0 Å². The topological polar surface area (TPSA) is 56.3 Å². The maximum Gasteiger partial charge on any atom is 0.416 e. The fraction of sp³-hybridized carbons (Fsp3) is 0.429. The van der Waals surface area contributed by atoms with Gasteiger partial charge < -0.3 is 9.15 Å². The monoisotopic (exact) mass is 420 g/mol. The summed E-state index contributed by atoms with van der Waals surface area (Å²) < 4.78 is 52.6. The Bertz CT molecular complexity index is 983. The average molecular weight is 420 g/mol. The lowest BCUT2D eigenvalue weighted by atomic mass is 10.0. The van der Waals surface area contributed by atoms with Crippen molar-refractivity contribution in [3.63, 3.8) is 0 Å². The molecule has 30 heavy (non-hydrogen) atoms. The molecule has 0 radical (unpaired) electrons. The summed E-state index contributed by atoms with van der Waals surface area (Å²) in [6, 6.07) is 5.75. The van der Waals surface area contributed by atoms with Gasteiger partial charge in [-0.3, -0.25) is 9.58 Å². The van der Waals surface area contributed by atoms with Crippen LogP contribution in [-0.2, 0) is 37.0 Å². The minimum atomic E-state index is -4.37. The molecule has 9 heteroatoms. The number of fused-ring (bicyclic) bond motifs is 1. The maximum atomic E-state index is 13.4. The summed E-state index contributed by atoms with van der Waals surface area (Å²) in [7, 11) is 0. The van der Waals surface area contributed by atoms with Crippen LogP contribution in [0.5, 0.6) is 0 Å². The Balaban J connectivity index is 1.60. The van der Waals surface area contributed by atoms with Gasteiger partial charge in [-0.2, -0.15) is 18.3 Å². The number of aromatic nitrogens is 3. The molecule has 1 aliphatic rings. The minimum Gasteiger partial charge on any atom is -0.451 e. The Morgan fingerprint density at radius 2 is 2.07 bits per heavy atom. The first-order chi connectivity index (χ1) is 14.5. The highest BCUT2D eigenvalue weighted by atomic mass is 19.4. The Morgan fingerprint density at radius 3 is 2.80 bits per heavy atom. The zero-order valence-corrected chi connectivity index (χ0v) is 16.7. The number of ether oxygens (including phenoxy) is 1. The van der Waals surface area contributed by atoms with Crippen LogP contribution in [0.4, 0.5) is 13.2 Å². The predicted octanol–water partition coefficient (Wildman–Crippen LogP) is 4.15. The van der Waals surface area contributed by atoms with E-state index in [2.05, 4.69) is 4.98 Å². The number of hydrogen-bond acceptors (Lipinski definition) is 5. The lowest BCUT2D eigenvalue weighted by molar-refractivity contribution is -0.138. The van der Waals surface area contributed by atoms with Crippen molar-refractivity contribution >= 4 is 0 Å². The van der Waals surface area contributed by atoms with E-state index >= 15 is 0 Å². The Morgan fingerprint density at radius 1 is 1.23 bits per heavy atom. The molecule has 4 rings (SSSR count). The summed E-state index contributed by atoms with van der Waals surface area (Å²) >= 11 is 0. The Labute approximate surface area is 172 Å². The number of benzene rings is 1. The Kier molecular flexibility index (Phi) is 5.92. The molecule has 0 bridgehead atoms. The summed E-state index contributed by atoms with van der Waals surface area (Å²) in [6.07, 6.45) is -0.789. The second kappa shape index (κ2) is 8.61. The SMILES string of the molecule is CCOCCn1nc(-c2cocn2)c2c1CCN(Cc1ccccc1C(F)(F)F)C2. The van der Waals surface area contributed by atoms with Gasteiger partial charge in [-0.15, -0.1) is 0 Å². The van der Waals surface area contributed by atoms with Crippen LogP contribution < -0.4 is 0 Å². The highest BCUT2D eigenvalue weighted by molar-refractivity contribution is 5.59. The van der Waals surface area contributed by atoms with Crippen LogP contribution in [0.25, 0.3) is 11.4 Å². The summed E-state index contributed by atoms with van der Waals surface area (Å²) in [6.45, 7) is 5.10. The van der Waals surface area contributed by atoms with Gasteiger partial charge in [0, 0.05) is 43.9 Å². The summed E-state index contributed by atoms with van der Waals surface area (Å²) in [5.74, 6) is 0. The number of halogens is 3. The van der Waals surface area contributed by atoms with Crippen molar-refractivity contribution in [3.05, 3.63) is 59.3 Å². The molecular formula is C21H23F3N4O2. The van der Waals surface area contributed by atoms with E-state index in [9.17, 15) is 13.2 Å². The van der Waals surface area contributed by atoms with Crippen molar-refractivity contribution in [1.29, 1.82) is 0 Å². The van der Waals surface area contributed by atoms with Crippen LogP contribution in [-0.4, -0.2) is 39.4 Å². The smallest absolute Gasteiger partial charge is 0.416 e. The molecule has 0 saturated carbocycles. The minimum absolute atomic E-state index is 0.220. The van der Waals surface area contributed by atoms with Gasteiger partial charge in [0.05, 0.1) is 18.7 Å². The third-order valence-electron chi connectivity index (χ3n) is 5.26. The number of nitrogens with zero attached hydrogens (tertiary/aromatic N) is 4. The van der Waals surface area contributed by atoms with Crippen LogP contribution in [0.2, 0.25) is 0 Å². The quantitative estimate of drug-likeness (QED) is 0.538. The molecule has 1 aromatic carbocycles. The molecule has 2 aromatic heterocycles. The van der Waals surface area contributed by atoms with Crippen molar-refractivity contribution in [3.8, 4) is 11.4 Å². The van der Waals surface area contributed by atoms with Crippen LogP contribution in [0.3, 0.4) is 0 Å². The van der Waals surface area contributed by atoms with Gasteiger partial charge >= 0.3 is 6.18 Å². The lowest BCUT2D eigenvalue weighted by Gasteiger charge is -2.28. The first-order valence-electron chi connectivity index (χ1n) is 9.89. The molecule has 0 saturated heterocycles. The molecule has 3 heterocycles. The number of hydrogen-bond donors (Lipinski definition) is 0. The average Bonchev–Trinajstić information content (AvgIpc) is 3.36. The zero-order valence-electron chi connectivity index (χ0n) is 16.7. The second-order valence-corrected chi connectivity index (χ2v) is 7.18. The molecule has 0 N–H and O–H groups in total. The first kappa shape index (κ1) is 20.6. The van der Waals surface area contributed by atoms with E-state index in [4.69, 9.17) is 14.3 Å². The second-order valence-electron chi connectivity index (χ2n) is 7.18. The molecule has 0 aliphatic carbocycles. The largest absolute Gasteiger partial charge is 0.451 e. The maximum absolute atomic E-state index is 13.4. The van der Waals surface area contributed by atoms with Crippen molar-refractivity contribution in [2.45, 2.75) is 39.2 Å². The molecule has 160 valence electrons. The third kappa shape index (κ3) is 4.27. The Hall–Kier alpha value is -2.65. The standard InChI is InChI=1S/C21H23F3N4O2/c1-2-29-10-9-28-19-7-8-27(11-15-5-3-4-6-17(15)21(22,23)24)12-16(19)20(26-28)18-13-30-14-25-18/h3-6,13-14H,2,7-12H2,1H3. The fourth-order valence-electron chi connectivity index (χ4n) is 3.87.